The molecule has 1 unspecified atom stereocenters. The maximum atomic E-state index is 13.0. The third kappa shape index (κ3) is 4.80. The second-order valence-electron chi connectivity index (χ2n) is 9.48. The molecule has 0 bridgehead atoms. The number of phosphoric ester groups is 1. The van der Waals surface area contributed by atoms with Crippen molar-refractivity contribution < 1.29 is 48.4 Å². The molecule has 0 aliphatic carbocycles. The highest BCUT2D eigenvalue weighted by molar-refractivity contribution is 7.47. The van der Waals surface area contributed by atoms with Crippen LogP contribution in [-0.2, 0) is 23.1 Å². The lowest BCUT2D eigenvalue weighted by Gasteiger charge is -2.24. The Morgan fingerprint density at radius 1 is 0.952 bits per heavy atom. The van der Waals surface area contributed by atoms with Crippen LogP contribution in [0.15, 0.2) is 23.8 Å². The van der Waals surface area contributed by atoms with Gasteiger partial charge in [0.05, 0.1) is 25.9 Å². The molecule has 42 heavy (non-hydrogen) atoms. The van der Waals surface area contributed by atoms with Crippen LogP contribution in [0.5, 0.6) is 0 Å². The van der Waals surface area contributed by atoms with Gasteiger partial charge in [-0.3, -0.25) is 28.0 Å². The number of aromatic amines is 1. The van der Waals surface area contributed by atoms with Crippen LogP contribution in [0.1, 0.15) is 12.5 Å². The molecule has 0 aromatic carbocycles. The summed E-state index contributed by atoms with van der Waals surface area (Å²) in [5.74, 6) is -0.171. The molecule has 6 heterocycles. The monoisotopic (exact) mass is 612 g/mol. The van der Waals surface area contributed by atoms with Gasteiger partial charge in [0.15, 0.2) is 35.1 Å². The van der Waals surface area contributed by atoms with Crippen molar-refractivity contribution in [2.45, 2.75) is 49.1 Å². The van der Waals surface area contributed by atoms with E-state index in [9.17, 15) is 34.7 Å². The highest BCUT2D eigenvalue weighted by Gasteiger charge is 2.50. The first-order chi connectivity index (χ1) is 20.0. The molecular formula is C20H25N10O11P. The van der Waals surface area contributed by atoms with Gasteiger partial charge in [-0.25, -0.2) is 24.5 Å². The van der Waals surface area contributed by atoms with E-state index in [-0.39, 0.29) is 34.1 Å². The van der Waals surface area contributed by atoms with E-state index >= 15 is 0 Å². The van der Waals surface area contributed by atoms with E-state index in [2.05, 4.69) is 29.9 Å². The number of hydrogen-bond donors (Lipinski definition) is 8. The molecule has 4 aromatic heterocycles. The summed E-state index contributed by atoms with van der Waals surface area (Å²) >= 11 is 0. The van der Waals surface area contributed by atoms with Gasteiger partial charge in [0.2, 0.25) is 5.95 Å². The molecule has 0 amide bonds. The van der Waals surface area contributed by atoms with Crippen molar-refractivity contribution in [1.29, 1.82) is 0 Å². The summed E-state index contributed by atoms with van der Waals surface area (Å²) in [7, 11) is -5.06. The largest absolute Gasteiger partial charge is 0.472 e. The average Bonchev–Trinajstić information content (AvgIpc) is 3.69. The zero-order valence-electron chi connectivity index (χ0n) is 21.2. The Hall–Kier alpha value is -3.63. The van der Waals surface area contributed by atoms with Crippen LogP contribution in [0.4, 0.5) is 11.8 Å². The van der Waals surface area contributed by atoms with Gasteiger partial charge in [-0.1, -0.05) is 0 Å². The molecule has 9 atom stereocenters. The summed E-state index contributed by atoms with van der Waals surface area (Å²) in [5, 5.41) is 41.5. The first kappa shape index (κ1) is 28.5. The Balaban J connectivity index is 1.19. The van der Waals surface area contributed by atoms with E-state index < -0.39 is 75.7 Å². The molecule has 226 valence electrons. The SMILES string of the molecule is Nc1nc2c(ncn2[C@@H]2O[C@H](CO)[C@@H](O)[C@H]2OP(=O)(O)OC[C@H]2O[C@@H](n3cnc4c(N)ncnc43)[C@@H](O)[C@@H]2O)c(=O)[nH]1. The van der Waals surface area contributed by atoms with Crippen molar-refractivity contribution >= 4 is 41.9 Å². The van der Waals surface area contributed by atoms with Crippen molar-refractivity contribution in [3.05, 3.63) is 29.3 Å². The fraction of sp³-hybridized carbons (Fsp3) is 0.500. The summed E-state index contributed by atoms with van der Waals surface area (Å²) in [4.78, 5) is 44.9. The molecule has 21 nitrogen and oxygen atoms in total. The van der Waals surface area contributed by atoms with Crippen LogP contribution in [0, 0.1) is 0 Å². The smallest absolute Gasteiger partial charge is 0.394 e. The van der Waals surface area contributed by atoms with Crippen LogP contribution >= 0.6 is 7.82 Å². The van der Waals surface area contributed by atoms with Crippen molar-refractivity contribution in [1.82, 2.24) is 39.0 Å². The third-order valence-corrected chi connectivity index (χ3v) is 7.86. The van der Waals surface area contributed by atoms with Crippen molar-refractivity contribution in [3.63, 3.8) is 0 Å². The third-order valence-electron chi connectivity index (χ3n) is 6.87. The van der Waals surface area contributed by atoms with Gasteiger partial charge >= 0.3 is 7.82 Å². The van der Waals surface area contributed by atoms with E-state index in [0.29, 0.717) is 0 Å². The highest BCUT2D eigenvalue weighted by Crippen LogP contribution is 2.50. The Morgan fingerprint density at radius 3 is 2.38 bits per heavy atom. The summed E-state index contributed by atoms with van der Waals surface area (Å²) in [6.45, 7) is -1.44. The molecule has 0 saturated carbocycles. The van der Waals surface area contributed by atoms with Gasteiger partial charge in [0.25, 0.3) is 5.56 Å². The number of nitrogens with two attached hydrogens (primary N) is 2. The molecule has 6 rings (SSSR count). The number of anilines is 2. The number of aliphatic hydroxyl groups excluding tert-OH is 4. The normalized spacial score (nSPS) is 31.3. The molecule has 2 saturated heterocycles. The first-order valence-corrected chi connectivity index (χ1v) is 13.8. The molecule has 2 fully saturated rings. The molecule has 2 aliphatic rings. The van der Waals surface area contributed by atoms with Gasteiger partial charge in [0.1, 0.15) is 48.5 Å². The Labute approximate surface area is 232 Å². The number of nitrogens with one attached hydrogen (secondary N) is 1. The predicted molar refractivity (Wildman–Crippen MR) is 136 cm³/mol. The van der Waals surface area contributed by atoms with Crippen LogP contribution < -0.4 is 17.0 Å². The second kappa shape index (κ2) is 10.6. The predicted octanol–water partition coefficient (Wildman–Crippen LogP) is -3.50. The number of nitrogen functional groups attached to an aromatic ring is 2. The van der Waals surface area contributed by atoms with Gasteiger partial charge < -0.3 is 46.3 Å². The van der Waals surface area contributed by atoms with Crippen LogP contribution in [0.25, 0.3) is 22.3 Å². The highest BCUT2D eigenvalue weighted by atomic mass is 31.2. The average molecular weight is 612 g/mol. The Bertz CT molecular complexity index is 1730. The number of aromatic nitrogens is 8. The number of nitrogens with zero attached hydrogens (tertiary/aromatic N) is 7. The lowest BCUT2D eigenvalue weighted by Crippen LogP contribution is -2.36. The summed E-state index contributed by atoms with van der Waals surface area (Å²) in [5.41, 5.74) is 11.0. The summed E-state index contributed by atoms with van der Waals surface area (Å²) < 4.78 is 37.0. The molecular weight excluding hydrogens is 587 g/mol. The van der Waals surface area contributed by atoms with Crippen molar-refractivity contribution in [2.75, 3.05) is 24.7 Å². The topological polar surface area (TPSA) is 314 Å². The Morgan fingerprint density at radius 2 is 1.64 bits per heavy atom. The number of rotatable bonds is 8. The van der Waals surface area contributed by atoms with Crippen LogP contribution in [-0.4, -0.2) is 114 Å². The number of ether oxygens (including phenoxy) is 2. The summed E-state index contributed by atoms with van der Waals surface area (Å²) in [6, 6.07) is 0. The molecule has 10 N–H and O–H groups in total. The maximum absolute atomic E-state index is 13.0. The lowest BCUT2D eigenvalue weighted by molar-refractivity contribution is -0.0615. The maximum Gasteiger partial charge on any atom is 0.472 e. The minimum Gasteiger partial charge on any atom is -0.394 e. The number of phosphoric acid groups is 1. The molecule has 2 aliphatic heterocycles. The van der Waals surface area contributed by atoms with Crippen LogP contribution in [0.2, 0.25) is 0 Å². The van der Waals surface area contributed by atoms with E-state index in [1.165, 1.54) is 17.2 Å². The fourth-order valence-corrected chi connectivity index (χ4v) is 5.77. The van der Waals surface area contributed by atoms with Crippen LogP contribution in [0.3, 0.4) is 0 Å². The van der Waals surface area contributed by atoms with Gasteiger partial charge in [0, 0.05) is 0 Å². The fourth-order valence-electron chi connectivity index (χ4n) is 4.84. The van der Waals surface area contributed by atoms with E-state index in [1.807, 2.05) is 0 Å². The number of imidazole rings is 2. The van der Waals surface area contributed by atoms with E-state index in [1.54, 1.807) is 0 Å². The lowest BCUT2D eigenvalue weighted by atomic mass is 10.1. The molecule has 4 aromatic rings. The number of fused-ring (bicyclic) bond motifs is 2. The quantitative estimate of drug-likeness (QED) is 0.0894. The zero-order valence-corrected chi connectivity index (χ0v) is 22.1. The second-order valence-corrected chi connectivity index (χ2v) is 10.9. The molecule has 22 heteroatoms. The minimum absolute atomic E-state index is 0.0830. The summed E-state index contributed by atoms with van der Waals surface area (Å²) in [6.07, 6.45) is -8.05. The van der Waals surface area contributed by atoms with Crippen molar-refractivity contribution in [2.24, 2.45) is 0 Å². The standard InChI is InChI=1S/C20H25N10O11P/c21-14-8-15(24-3-23-14)29(4-25-8)18-12(34)10(32)7(40-18)2-38-42(36,37)41-13-11(33)6(1-31)39-19(13)30-5-26-9-16(30)27-20(22)28-17(9)35/h3-7,10-13,18-19,31-34H,1-2H2,(H,36,37)(H2,21,23,24)(H3,22,27,28,35)/t6-,7-,10-,11-,12+,13-,18-,19-/m1/s1. The molecule has 0 spiro atoms. The number of aliphatic hydroxyl groups is 4. The number of H-pyrrole nitrogens is 1. The van der Waals surface area contributed by atoms with Gasteiger partial charge in [-0.15, -0.1) is 0 Å². The molecule has 0 radical (unpaired) electrons. The first-order valence-electron chi connectivity index (χ1n) is 12.3. The van der Waals surface area contributed by atoms with E-state index in [4.69, 9.17) is 30.0 Å². The number of hydrogen-bond acceptors (Lipinski definition) is 17. The van der Waals surface area contributed by atoms with Gasteiger partial charge in [-0.05, 0) is 0 Å². The van der Waals surface area contributed by atoms with Crippen molar-refractivity contribution in [3.8, 4) is 0 Å². The Kier molecular flexibility index (Phi) is 7.17. The van der Waals surface area contributed by atoms with Gasteiger partial charge in [-0.2, -0.15) is 4.98 Å². The zero-order chi connectivity index (χ0) is 29.9. The minimum atomic E-state index is -5.06. The van der Waals surface area contributed by atoms with E-state index in [0.717, 1.165) is 10.9 Å².